The minimum Gasteiger partial charge on any atom is -0.478 e. The number of rotatable bonds is 2. The summed E-state index contributed by atoms with van der Waals surface area (Å²) in [7, 11) is 0. The van der Waals surface area contributed by atoms with E-state index in [1.165, 1.54) is 24.8 Å². The van der Waals surface area contributed by atoms with Gasteiger partial charge in [-0.2, -0.15) is 0 Å². The second kappa shape index (κ2) is 5.80. The van der Waals surface area contributed by atoms with Crippen LogP contribution in [0.4, 0.5) is 0 Å². The summed E-state index contributed by atoms with van der Waals surface area (Å²) in [5.74, 6) is 0.830. The van der Waals surface area contributed by atoms with Crippen molar-refractivity contribution >= 4 is 5.97 Å². The predicted octanol–water partition coefficient (Wildman–Crippen LogP) is 3.57. The molecule has 21 heavy (non-hydrogen) atoms. The molecule has 1 aliphatic carbocycles. The maximum Gasteiger partial charge on any atom is 0.335 e. The lowest BCUT2D eigenvalue weighted by Gasteiger charge is -2.41. The molecule has 3 nitrogen and oxygen atoms in total. The van der Waals surface area contributed by atoms with Gasteiger partial charge in [0.05, 0.1) is 5.56 Å². The quantitative estimate of drug-likeness (QED) is 0.904. The lowest BCUT2D eigenvalue weighted by molar-refractivity contribution is 0.0692. The number of carboxylic acid groups (broad SMARTS) is 1. The van der Waals surface area contributed by atoms with Crippen molar-refractivity contribution in [3.05, 3.63) is 34.9 Å². The van der Waals surface area contributed by atoms with Gasteiger partial charge >= 0.3 is 5.97 Å². The van der Waals surface area contributed by atoms with Gasteiger partial charge in [-0.1, -0.05) is 26.0 Å². The normalized spacial score (nSPS) is 29.9. The monoisotopic (exact) mass is 287 g/mol. The third-order valence-corrected chi connectivity index (χ3v) is 5.20. The van der Waals surface area contributed by atoms with Crippen LogP contribution in [0.1, 0.15) is 54.6 Å². The fraction of sp³-hybridized carbons (Fsp3) is 0.611. The number of carbonyl (C=O) groups is 1. The van der Waals surface area contributed by atoms with Crippen molar-refractivity contribution in [1.29, 1.82) is 0 Å². The first-order chi connectivity index (χ1) is 10.0. The number of benzene rings is 1. The minimum absolute atomic E-state index is 0.498. The first kappa shape index (κ1) is 14.6. The second-order valence-electron chi connectivity index (χ2n) is 7.04. The highest BCUT2D eigenvalue weighted by molar-refractivity contribution is 5.89. The molecule has 2 atom stereocenters. The molecule has 1 fully saturated rings. The van der Waals surface area contributed by atoms with Crippen molar-refractivity contribution in [2.75, 3.05) is 6.54 Å². The maximum atomic E-state index is 11.3. The molecule has 114 valence electrons. The van der Waals surface area contributed by atoms with E-state index in [0.29, 0.717) is 11.6 Å². The molecule has 0 saturated heterocycles. The molecule has 3 rings (SSSR count). The Morgan fingerprint density at radius 2 is 1.90 bits per heavy atom. The van der Waals surface area contributed by atoms with Crippen LogP contribution >= 0.6 is 0 Å². The van der Waals surface area contributed by atoms with Gasteiger partial charge in [0.15, 0.2) is 0 Å². The Hall–Kier alpha value is -1.35. The Bertz CT molecular complexity index is 530. The van der Waals surface area contributed by atoms with E-state index in [9.17, 15) is 9.90 Å². The Balaban J connectivity index is 1.79. The van der Waals surface area contributed by atoms with Gasteiger partial charge in [0.1, 0.15) is 0 Å². The van der Waals surface area contributed by atoms with Crippen LogP contribution in [0.15, 0.2) is 18.2 Å². The van der Waals surface area contributed by atoms with E-state index in [-0.39, 0.29) is 0 Å². The fourth-order valence-corrected chi connectivity index (χ4v) is 4.35. The summed E-state index contributed by atoms with van der Waals surface area (Å²) in [6.45, 7) is 6.65. The third kappa shape index (κ3) is 2.98. The van der Waals surface area contributed by atoms with Gasteiger partial charge < -0.3 is 5.11 Å². The summed E-state index contributed by atoms with van der Waals surface area (Å²) in [6, 6.07) is 6.40. The van der Waals surface area contributed by atoms with Crippen LogP contribution in [0.25, 0.3) is 0 Å². The molecule has 2 unspecified atom stereocenters. The third-order valence-electron chi connectivity index (χ3n) is 5.20. The Morgan fingerprint density at radius 3 is 2.57 bits per heavy atom. The van der Waals surface area contributed by atoms with Gasteiger partial charge in [0.25, 0.3) is 0 Å². The summed E-state index contributed by atoms with van der Waals surface area (Å²) in [6.07, 6.45) is 4.80. The van der Waals surface area contributed by atoms with Crippen molar-refractivity contribution in [3.8, 4) is 0 Å². The number of fused-ring (bicyclic) bond motifs is 1. The molecule has 0 amide bonds. The van der Waals surface area contributed by atoms with Crippen LogP contribution in [-0.2, 0) is 13.0 Å². The van der Waals surface area contributed by atoms with Crippen LogP contribution in [-0.4, -0.2) is 28.6 Å². The van der Waals surface area contributed by atoms with Gasteiger partial charge in [0.2, 0.25) is 0 Å². The average molecular weight is 287 g/mol. The van der Waals surface area contributed by atoms with E-state index in [0.717, 1.165) is 36.9 Å². The number of carboxylic acids is 1. The van der Waals surface area contributed by atoms with E-state index >= 15 is 0 Å². The van der Waals surface area contributed by atoms with Crippen LogP contribution in [0.3, 0.4) is 0 Å². The summed E-state index contributed by atoms with van der Waals surface area (Å²) in [5, 5.41) is 9.31. The number of nitrogens with zero attached hydrogens (tertiary/aromatic N) is 1. The Kier molecular flexibility index (Phi) is 4.03. The molecule has 1 saturated carbocycles. The topological polar surface area (TPSA) is 40.5 Å². The first-order valence-corrected chi connectivity index (χ1v) is 8.12. The summed E-state index contributed by atoms with van der Waals surface area (Å²) in [4.78, 5) is 13.9. The molecule has 0 aromatic heterocycles. The maximum absolute atomic E-state index is 11.3. The standard InChI is InChI=1S/C18H25NO2/c1-12-8-13(2)10-15(9-12)19-7-6-16-14(11-19)4-3-5-17(16)18(20)21/h3-5,12-13,15H,6-11H2,1-2H3,(H,20,21). The number of hydrogen-bond acceptors (Lipinski definition) is 2. The van der Waals surface area contributed by atoms with Gasteiger partial charge in [-0.3, -0.25) is 4.90 Å². The zero-order valence-corrected chi connectivity index (χ0v) is 13.0. The molecule has 1 aromatic carbocycles. The molecular weight excluding hydrogens is 262 g/mol. The van der Waals surface area contributed by atoms with Crippen molar-refractivity contribution in [1.82, 2.24) is 4.90 Å². The summed E-state index contributed by atoms with van der Waals surface area (Å²) < 4.78 is 0. The van der Waals surface area contributed by atoms with Crippen LogP contribution in [0, 0.1) is 11.8 Å². The SMILES string of the molecule is CC1CC(C)CC(N2CCc3c(cccc3C(=O)O)C2)C1. The average Bonchev–Trinajstić information content (AvgIpc) is 2.44. The molecule has 0 radical (unpaired) electrons. The fourth-order valence-electron chi connectivity index (χ4n) is 4.35. The lowest BCUT2D eigenvalue weighted by atomic mass is 9.79. The number of hydrogen-bond donors (Lipinski definition) is 1. The highest BCUT2D eigenvalue weighted by Crippen LogP contribution is 2.34. The van der Waals surface area contributed by atoms with Gasteiger partial charge in [-0.25, -0.2) is 4.79 Å². The highest BCUT2D eigenvalue weighted by Gasteiger charge is 2.31. The molecule has 2 aliphatic rings. The molecule has 1 N–H and O–H groups in total. The highest BCUT2D eigenvalue weighted by atomic mass is 16.4. The lowest BCUT2D eigenvalue weighted by Crippen LogP contribution is -2.43. The van der Waals surface area contributed by atoms with Crippen molar-refractivity contribution in [2.45, 2.75) is 52.1 Å². The van der Waals surface area contributed by atoms with E-state index in [1.807, 2.05) is 6.07 Å². The van der Waals surface area contributed by atoms with E-state index in [4.69, 9.17) is 0 Å². The Morgan fingerprint density at radius 1 is 1.19 bits per heavy atom. The van der Waals surface area contributed by atoms with Gasteiger partial charge in [0, 0.05) is 19.1 Å². The smallest absolute Gasteiger partial charge is 0.335 e. The molecule has 0 spiro atoms. The number of aromatic carboxylic acids is 1. The molecule has 0 bridgehead atoms. The van der Waals surface area contributed by atoms with Crippen LogP contribution < -0.4 is 0 Å². The molecule has 1 aliphatic heterocycles. The largest absolute Gasteiger partial charge is 0.478 e. The van der Waals surface area contributed by atoms with Gasteiger partial charge in [-0.05, 0) is 54.7 Å². The minimum atomic E-state index is -0.791. The van der Waals surface area contributed by atoms with E-state index in [1.54, 1.807) is 6.07 Å². The van der Waals surface area contributed by atoms with Crippen LogP contribution in [0.2, 0.25) is 0 Å². The van der Waals surface area contributed by atoms with E-state index < -0.39 is 5.97 Å². The van der Waals surface area contributed by atoms with Crippen molar-refractivity contribution in [3.63, 3.8) is 0 Å². The van der Waals surface area contributed by atoms with Crippen LogP contribution in [0.5, 0.6) is 0 Å². The van der Waals surface area contributed by atoms with Crippen molar-refractivity contribution in [2.24, 2.45) is 11.8 Å². The van der Waals surface area contributed by atoms with E-state index in [2.05, 4.69) is 24.8 Å². The van der Waals surface area contributed by atoms with Crippen molar-refractivity contribution < 1.29 is 9.90 Å². The molecule has 1 heterocycles. The Labute approximate surface area is 127 Å². The zero-order chi connectivity index (χ0) is 15.0. The molecule has 1 aromatic rings. The second-order valence-corrected chi connectivity index (χ2v) is 7.04. The zero-order valence-electron chi connectivity index (χ0n) is 13.0. The predicted molar refractivity (Wildman–Crippen MR) is 83.5 cm³/mol. The van der Waals surface area contributed by atoms with Gasteiger partial charge in [-0.15, -0.1) is 0 Å². The molecular formula is C18H25NO2. The first-order valence-electron chi connectivity index (χ1n) is 8.12. The summed E-state index contributed by atoms with van der Waals surface area (Å²) >= 11 is 0. The molecule has 3 heteroatoms. The summed E-state index contributed by atoms with van der Waals surface area (Å²) in [5.41, 5.74) is 2.77.